The molecule has 0 unspecified atom stereocenters. The van der Waals surface area contributed by atoms with E-state index in [1.807, 2.05) is 32.0 Å². The van der Waals surface area contributed by atoms with Gasteiger partial charge in [-0.25, -0.2) is 8.42 Å². The number of aryl methyl sites for hydroxylation is 2. The first-order valence-electron chi connectivity index (χ1n) is 6.34. The summed E-state index contributed by atoms with van der Waals surface area (Å²) in [7, 11) is -1.28. The number of carbonyl (C=O) groups excluding carboxylic acids is 1. The summed E-state index contributed by atoms with van der Waals surface area (Å²) >= 11 is 0. The van der Waals surface area contributed by atoms with Gasteiger partial charge in [0.1, 0.15) is 0 Å². The fraction of sp³-hybridized carbons (Fsp3) is 0.500. The fourth-order valence-electron chi connectivity index (χ4n) is 2.55. The number of carbonyl (C=O) groups is 1. The third kappa shape index (κ3) is 3.15. The summed E-state index contributed by atoms with van der Waals surface area (Å²) in [6, 6.07) is 5.50. The van der Waals surface area contributed by atoms with E-state index in [4.69, 9.17) is 0 Å². The second-order valence-corrected chi connectivity index (χ2v) is 7.58. The second-order valence-electron chi connectivity index (χ2n) is 5.35. The molecule has 4 nitrogen and oxygen atoms in total. The van der Waals surface area contributed by atoms with E-state index in [0.29, 0.717) is 12.0 Å². The molecule has 1 aromatic rings. The van der Waals surface area contributed by atoms with Gasteiger partial charge in [-0.15, -0.1) is 0 Å². The monoisotopic (exact) mass is 281 g/mol. The predicted molar refractivity (Wildman–Crippen MR) is 75.1 cm³/mol. The smallest absolute Gasteiger partial charge is 0.253 e. The zero-order valence-electron chi connectivity index (χ0n) is 11.5. The van der Waals surface area contributed by atoms with Gasteiger partial charge in [0.05, 0.1) is 11.5 Å². The van der Waals surface area contributed by atoms with Crippen LogP contribution in [0.4, 0.5) is 0 Å². The predicted octanol–water partition coefficient (Wildman–Crippen LogP) is 1.56. The molecule has 1 aliphatic rings. The summed E-state index contributed by atoms with van der Waals surface area (Å²) in [6.07, 6.45) is 0.537. The van der Waals surface area contributed by atoms with Crippen LogP contribution >= 0.6 is 0 Å². The molecule has 0 aromatic heterocycles. The Morgan fingerprint density at radius 1 is 1.21 bits per heavy atom. The van der Waals surface area contributed by atoms with Crippen LogP contribution in [0.2, 0.25) is 0 Å². The molecule has 0 spiro atoms. The van der Waals surface area contributed by atoms with Crippen LogP contribution in [0.25, 0.3) is 0 Å². The Kier molecular flexibility index (Phi) is 3.67. The maximum atomic E-state index is 12.4. The summed E-state index contributed by atoms with van der Waals surface area (Å²) in [5.41, 5.74) is 2.70. The number of amides is 1. The van der Waals surface area contributed by atoms with Crippen molar-refractivity contribution in [3.63, 3.8) is 0 Å². The standard InChI is InChI=1S/C14H19NO3S/c1-10-6-11(2)8-12(7-10)14(16)15(3)13-4-5-19(17,18)9-13/h6-8,13H,4-5,9H2,1-3H3/t13-/m1/s1. The van der Waals surface area contributed by atoms with Gasteiger partial charge in [-0.3, -0.25) is 4.79 Å². The summed E-state index contributed by atoms with van der Waals surface area (Å²) in [5.74, 6) is 0.163. The Bertz CT molecular complexity index is 587. The van der Waals surface area contributed by atoms with Gasteiger partial charge in [-0.2, -0.15) is 0 Å². The van der Waals surface area contributed by atoms with Crippen LogP contribution in [0.1, 0.15) is 27.9 Å². The van der Waals surface area contributed by atoms with Crippen molar-refractivity contribution < 1.29 is 13.2 Å². The van der Waals surface area contributed by atoms with Crippen LogP contribution in [0.5, 0.6) is 0 Å². The van der Waals surface area contributed by atoms with Crippen molar-refractivity contribution in [3.05, 3.63) is 34.9 Å². The van der Waals surface area contributed by atoms with E-state index >= 15 is 0 Å². The van der Waals surface area contributed by atoms with Gasteiger partial charge >= 0.3 is 0 Å². The molecular formula is C14H19NO3S. The van der Waals surface area contributed by atoms with Crippen LogP contribution in [0, 0.1) is 13.8 Å². The highest BCUT2D eigenvalue weighted by atomic mass is 32.2. The molecule has 104 valence electrons. The van der Waals surface area contributed by atoms with E-state index in [-0.39, 0.29) is 23.5 Å². The van der Waals surface area contributed by atoms with Gasteiger partial charge in [0, 0.05) is 18.7 Å². The van der Waals surface area contributed by atoms with E-state index in [0.717, 1.165) is 11.1 Å². The topological polar surface area (TPSA) is 54.5 Å². The van der Waals surface area contributed by atoms with Gasteiger partial charge in [0.2, 0.25) is 0 Å². The van der Waals surface area contributed by atoms with Crippen molar-refractivity contribution in [2.45, 2.75) is 26.3 Å². The molecular weight excluding hydrogens is 262 g/mol. The van der Waals surface area contributed by atoms with E-state index in [1.54, 1.807) is 11.9 Å². The van der Waals surface area contributed by atoms with Crippen LogP contribution < -0.4 is 0 Å². The molecule has 1 heterocycles. The molecule has 1 amide bonds. The molecule has 19 heavy (non-hydrogen) atoms. The SMILES string of the molecule is Cc1cc(C)cc(C(=O)N(C)[C@@H]2CCS(=O)(=O)C2)c1. The van der Waals surface area contributed by atoms with Crippen molar-refractivity contribution in [2.75, 3.05) is 18.6 Å². The Hall–Kier alpha value is -1.36. The summed E-state index contributed by atoms with van der Waals surface area (Å²) in [5, 5.41) is 0. The maximum Gasteiger partial charge on any atom is 0.253 e. The van der Waals surface area contributed by atoms with Crippen LogP contribution in [0.15, 0.2) is 18.2 Å². The maximum absolute atomic E-state index is 12.4. The van der Waals surface area contributed by atoms with Crippen LogP contribution in [0.3, 0.4) is 0 Å². The first kappa shape index (κ1) is 14.1. The van der Waals surface area contributed by atoms with Crippen LogP contribution in [-0.4, -0.2) is 43.8 Å². The van der Waals surface area contributed by atoms with Crippen molar-refractivity contribution in [2.24, 2.45) is 0 Å². The third-order valence-corrected chi connectivity index (χ3v) is 5.30. The Balaban J connectivity index is 2.20. The molecule has 5 heteroatoms. The molecule has 1 aliphatic heterocycles. The van der Waals surface area contributed by atoms with E-state index in [2.05, 4.69) is 0 Å². The van der Waals surface area contributed by atoms with E-state index in [1.165, 1.54) is 0 Å². The first-order valence-corrected chi connectivity index (χ1v) is 8.16. The van der Waals surface area contributed by atoms with Gasteiger partial charge in [-0.1, -0.05) is 17.2 Å². The lowest BCUT2D eigenvalue weighted by Crippen LogP contribution is -2.37. The first-order chi connectivity index (χ1) is 8.78. The second kappa shape index (κ2) is 4.96. The largest absolute Gasteiger partial charge is 0.338 e. The minimum atomic E-state index is -2.97. The normalized spacial score (nSPS) is 21.3. The summed E-state index contributed by atoms with van der Waals surface area (Å²) in [6.45, 7) is 3.90. The minimum absolute atomic E-state index is 0.0834. The van der Waals surface area contributed by atoms with Crippen LogP contribution in [-0.2, 0) is 9.84 Å². The molecule has 0 bridgehead atoms. The number of hydrogen-bond donors (Lipinski definition) is 0. The molecule has 0 saturated carbocycles. The van der Waals surface area contributed by atoms with Crippen molar-refractivity contribution in [1.29, 1.82) is 0 Å². The lowest BCUT2D eigenvalue weighted by Gasteiger charge is -2.23. The molecule has 0 aliphatic carbocycles. The highest BCUT2D eigenvalue weighted by Gasteiger charge is 2.33. The minimum Gasteiger partial charge on any atom is -0.338 e. The molecule has 2 rings (SSSR count). The molecule has 1 saturated heterocycles. The number of nitrogens with zero attached hydrogens (tertiary/aromatic N) is 1. The van der Waals surface area contributed by atoms with E-state index in [9.17, 15) is 13.2 Å². The molecule has 1 aromatic carbocycles. The Labute approximate surface area is 114 Å². The Morgan fingerprint density at radius 3 is 2.26 bits per heavy atom. The quantitative estimate of drug-likeness (QED) is 0.826. The van der Waals surface area contributed by atoms with Gasteiger partial charge < -0.3 is 4.90 Å². The number of hydrogen-bond acceptors (Lipinski definition) is 3. The molecule has 1 atom stereocenters. The van der Waals surface area contributed by atoms with Crippen molar-refractivity contribution in [3.8, 4) is 0 Å². The van der Waals surface area contributed by atoms with Gasteiger partial charge in [0.15, 0.2) is 9.84 Å². The zero-order valence-corrected chi connectivity index (χ0v) is 12.3. The lowest BCUT2D eigenvalue weighted by molar-refractivity contribution is 0.0747. The molecule has 0 radical (unpaired) electrons. The Morgan fingerprint density at radius 2 is 1.79 bits per heavy atom. The van der Waals surface area contributed by atoms with Gasteiger partial charge in [-0.05, 0) is 32.4 Å². The number of benzene rings is 1. The molecule has 0 N–H and O–H groups in total. The summed E-state index contributed by atoms with van der Waals surface area (Å²) < 4.78 is 22.9. The zero-order chi connectivity index (χ0) is 14.2. The fourth-order valence-corrected chi connectivity index (χ4v) is 4.32. The highest BCUT2D eigenvalue weighted by molar-refractivity contribution is 7.91. The van der Waals surface area contributed by atoms with Crippen molar-refractivity contribution >= 4 is 15.7 Å². The molecule has 1 fully saturated rings. The van der Waals surface area contributed by atoms with E-state index < -0.39 is 9.84 Å². The number of rotatable bonds is 2. The van der Waals surface area contributed by atoms with Crippen molar-refractivity contribution in [1.82, 2.24) is 4.90 Å². The van der Waals surface area contributed by atoms with Gasteiger partial charge in [0.25, 0.3) is 5.91 Å². The number of sulfone groups is 1. The average Bonchev–Trinajstić information content (AvgIpc) is 2.66. The highest BCUT2D eigenvalue weighted by Crippen LogP contribution is 2.19. The summed E-state index contributed by atoms with van der Waals surface area (Å²) in [4.78, 5) is 13.9. The third-order valence-electron chi connectivity index (χ3n) is 3.55. The average molecular weight is 281 g/mol. The lowest BCUT2D eigenvalue weighted by atomic mass is 10.1.